The Kier molecular flexibility index (Phi) is 7.04. The molecule has 0 unspecified atom stereocenters. The Hall–Kier alpha value is -2.88. The lowest BCUT2D eigenvalue weighted by molar-refractivity contribution is 0.222. The van der Waals surface area contributed by atoms with Crippen LogP contribution in [0.1, 0.15) is 11.1 Å². The van der Waals surface area contributed by atoms with Crippen molar-refractivity contribution in [1.82, 2.24) is 23.8 Å². The smallest absolute Gasteiger partial charge is 0.332 e. The van der Waals surface area contributed by atoms with Crippen LogP contribution in [0.25, 0.3) is 11.1 Å². The molecule has 38 heavy (non-hydrogen) atoms. The number of carbonyl (C=O) groups excluding carboxylic acids is 1. The summed E-state index contributed by atoms with van der Waals surface area (Å²) in [5.41, 5.74) is 10.0. The minimum atomic E-state index is -3.77. The maximum Gasteiger partial charge on any atom is 0.332 e. The summed E-state index contributed by atoms with van der Waals surface area (Å²) in [7, 11) is -3.64. The van der Waals surface area contributed by atoms with Gasteiger partial charge in [-0.1, -0.05) is 12.1 Å². The minimum Gasteiger partial charge on any atom is -0.350 e. The molecule has 14 heteroatoms. The number of nitrogens with zero attached hydrogens (tertiary/aromatic N) is 5. The molecule has 204 valence electrons. The number of carbonyl (C=O) groups is 1. The van der Waals surface area contributed by atoms with Crippen LogP contribution >= 0.6 is 0 Å². The summed E-state index contributed by atoms with van der Waals surface area (Å²) in [4.78, 5) is 15.8. The Morgan fingerprint density at radius 2 is 1.11 bits per heavy atom. The van der Waals surface area contributed by atoms with E-state index < -0.39 is 26.1 Å². The molecule has 3 aliphatic rings. The Morgan fingerprint density at radius 3 is 1.47 bits per heavy atom. The first kappa shape index (κ1) is 26.7. The first-order valence-electron chi connectivity index (χ1n) is 12.3. The quantitative estimate of drug-likeness (QED) is 0.415. The topological polar surface area (TPSA) is 149 Å². The lowest BCUT2D eigenvalue weighted by Gasteiger charge is -2.31. The van der Waals surface area contributed by atoms with Crippen LogP contribution in [0.3, 0.4) is 0 Å². The van der Waals surface area contributed by atoms with Crippen LogP contribution in [-0.2, 0) is 20.0 Å². The van der Waals surface area contributed by atoms with Gasteiger partial charge in [0.15, 0.2) is 0 Å². The highest BCUT2D eigenvalue weighted by molar-refractivity contribution is 7.89. The fraction of sp³-hybridized carbons (Fsp3) is 0.417. The van der Waals surface area contributed by atoms with E-state index in [1.807, 2.05) is 14.1 Å². The van der Waals surface area contributed by atoms with E-state index in [9.17, 15) is 21.6 Å². The molecule has 0 radical (unpaired) electrons. The highest BCUT2D eigenvalue weighted by atomic mass is 32.2. The van der Waals surface area contributed by atoms with E-state index >= 15 is 0 Å². The molecule has 3 N–H and O–H groups in total. The van der Waals surface area contributed by atoms with Gasteiger partial charge in [0, 0.05) is 63.5 Å². The van der Waals surface area contributed by atoms with Gasteiger partial charge in [0.2, 0.25) is 20.0 Å². The van der Waals surface area contributed by atoms with E-state index in [1.54, 1.807) is 24.3 Å². The third kappa shape index (κ3) is 4.83. The summed E-state index contributed by atoms with van der Waals surface area (Å²) >= 11 is 0. The fourth-order valence-corrected chi connectivity index (χ4v) is 7.86. The van der Waals surface area contributed by atoms with Crippen molar-refractivity contribution in [1.29, 1.82) is 0 Å². The first-order valence-corrected chi connectivity index (χ1v) is 15.2. The highest BCUT2D eigenvalue weighted by Crippen LogP contribution is 2.40. The average molecular weight is 562 g/mol. The van der Waals surface area contributed by atoms with Crippen LogP contribution in [0.15, 0.2) is 51.3 Å². The Morgan fingerprint density at radius 1 is 0.711 bits per heavy atom. The van der Waals surface area contributed by atoms with Crippen molar-refractivity contribution in [3.8, 4) is 11.1 Å². The molecule has 0 atom stereocenters. The average Bonchev–Trinajstić information content (AvgIpc) is 3.20. The number of primary amides is 1. The molecule has 0 bridgehead atoms. The number of rotatable bonds is 5. The van der Waals surface area contributed by atoms with Gasteiger partial charge in [-0.15, -0.1) is 0 Å². The van der Waals surface area contributed by atoms with Gasteiger partial charge >= 0.3 is 6.03 Å². The second-order valence-corrected chi connectivity index (χ2v) is 13.6. The van der Waals surface area contributed by atoms with Gasteiger partial charge in [0.25, 0.3) is 0 Å². The number of piperazine rings is 2. The van der Waals surface area contributed by atoms with E-state index in [0.29, 0.717) is 74.6 Å². The summed E-state index contributed by atoms with van der Waals surface area (Å²) in [6.45, 7) is 4.07. The molecule has 2 aromatic carbocycles. The second kappa shape index (κ2) is 10.0. The van der Waals surface area contributed by atoms with E-state index in [4.69, 9.17) is 5.73 Å². The molecule has 2 aromatic rings. The zero-order chi connectivity index (χ0) is 27.2. The van der Waals surface area contributed by atoms with Crippen LogP contribution in [0.2, 0.25) is 0 Å². The molecule has 2 heterocycles. The molecule has 2 saturated heterocycles. The van der Waals surface area contributed by atoms with Gasteiger partial charge in [-0.05, 0) is 49.5 Å². The van der Waals surface area contributed by atoms with Gasteiger partial charge in [-0.25, -0.2) is 27.1 Å². The summed E-state index contributed by atoms with van der Waals surface area (Å²) < 4.78 is 56.6. The molecule has 0 aromatic heterocycles. The Bertz CT molecular complexity index is 1410. The first-order chi connectivity index (χ1) is 18.0. The number of nitrogens with one attached hydrogen (secondary N) is 1. The molecule has 2 fully saturated rings. The zero-order valence-corrected chi connectivity index (χ0v) is 22.9. The molecule has 0 saturated carbocycles. The second-order valence-electron chi connectivity index (χ2n) is 9.77. The van der Waals surface area contributed by atoms with Crippen molar-refractivity contribution in [3.05, 3.63) is 47.5 Å². The van der Waals surface area contributed by atoms with E-state index in [-0.39, 0.29) is 15.5 Å². The van der Waals surface area contributed by atoms with Crippen LogP contribution < -0.4 is 11.2 Å². The van der Waals surface area contributed by atoms with E-state index in [2.05, 4.69) is 20.3 Å². The van der Waals surface area contributed by atoms with Crippen LogP contribution in [0, 0.1) is 0 Å². The van der Waals surface area contributed by atoms with Crippen molar-refractivity contribution < 1.29 is 21.6 Å². The third-order valence-electron chi connectivity index (χ3n) is 7.26. The van der Waals surface area contributed by atoms with Crippen molar-refractivity contribution in [3.63, 3.8) is 0 Å². The largest absolute Gasteiger partial charge is 0.350 e. The highest BCUT2D eigenvalue weighted by Gasteiger charge is 2.34. The molecule has 1 aliphatic carbocycles. The van der Waals surface area contributed by atoms with Gasteiger partial charge in [-0.2, -0.15) is 13.7 Å². The third-order valence-corrected chi connectivity index (χ3v) is 11.0. The summed E-state index contributed by atoms with van der Waals surface area (Å²) in [5, 5.41) is 4.16. The van der Waals surface area contributed by atoms with Crippen molar-refractivity contribution in [2.45, 2.75) is 9.79 Å². The lowest BCUT2D eigenvalue weighted by atomic mass is 10.1. The lowest BCUT2D eigenvalue weighted by Crippen LogP contribution is -2.47. The summed E-state index contributed by atoms with van der Waals surface area (Å²) in [6.07, 6.45) is 0. The Labute approximate surface area is 222 Å². The van der Waals surface area contributed by atoms with Crippen LogP contribution in [0.5, 0.6) is 0 Å². The number of hydrogen-bond donors (Lipinski definition) is 2. The predicted octanol–water partition coefficient (Wildman–Crippen LogP) is -0.0401. The van der Waals surface area contributed by atoms with E-state index in [1.165, 1.54) is 20.7 Å². The fourth-order valence-electron chi connectivity index (χ4n) is 4.96. The molecule has 12 nitrogen and oxygen atoms in total. The summed E-state index contributed by atoms with van der Waals surface area (Å²) in [5.74, 6) is 0. The number of hydrogen-bond acceptors (Lipinski definition) is 8. The maximum absolute atomic E-state index is 13.4. The van der Waals surface area contributed by atoms with Gasteiger partial charge in [0.1, 0.15) is 0 Å². The molecule has 5 rings (SSSR count). The monoisotopic (exact) mass is 561 g/mol. The number of amides is 2. The summed E-state index contributed by atoms with van der Waals surface area (Å²) in [6, 6.07) is 8.65. The number of fused-ring (bicyclic) bond motifs is 3. The molecule has 2 aliphatic heterocycles. The van der Waals surface area contributed by atoms with Gasteiger partial charge in [0.05, 0.1) is 15.5 Å². The standard InChI is InChI=1S/C24H31N7O5S2/c1-28-7-11-30(12-8-28)37(33,34)17-3-5-19-20-6-4-18(38(35,36)31-13-9-29(2)10-14-31)16-22(20)23(21(19)15-17)26-27-24(25)32/h3-6,15-16H,7-14H2,1-2H3,(H3,25,27,32). The molecular formula is C24H31N7O5S2. The van der Waals surface area contributed by atoms with Crippen molar-refractivity contribution in [2.75, 3.05) is 66.5 Å². The number of benzene rings is 2. The SMILES string of the molecule is CN1CCN(S(=O)(=O)c2ccc3c(c2)C(=NNC(N)=O)c2cc(S(=O)(=O)N4CCN(C)CC4)ccc2-3)CC1. The van der Waals surface area contributed by atoms with Crippen molar-refractivity contribution in [2.24, 2.45) is 10.8 Å². The minimum absolute atomic E-state index is 0.102. The molecule has 2 amide bonds. The molecule has 0 spiro atoms. The number of likely N-dealkylation sites (N-methyl/N-ethyl adjacent to an activating group) is 2. The zero-order valence-electron chi connectivity index (χ0n) is 21.3. The normalized spacial score (nSPS) is 19.7. The number of hydrazone groups is 1. The van der Waals surface area contributed by atoms with Crippen molar-refractivity contribution >= 4 is 31.8 Å². The maximum atomic E-state index is 13.4. The van der Waals surface area contributed by atoms with Crippen LogP contribution in [0.4, 0.5) is 4.79 Å². The predicted molar refractivity (Wildman–Crippen MR) is 143 cm³/mol. The van der Waals surface area contributed by atoms with Gasteiger partial charge < -0.3 is 15.5 Å². The van der Waals surface area contributed by atoms with E-state index in [0.717, 1.165) is 0 Å². The number of urea groups is 1. The number of nitrogens with two attached hydrogens (primary N) is 1. The Balaban J connectivity index is 1.55. The molecular weight excluding hydrogens is 530 g/mol. The van der Waals surface area contributed by atoms with Gasteiger partial charge in [-0.3, -0.25) is 0 Å². The van der Waals surface area contributed by atoms with Crippen LogP contribution in [-0.4, -0.2) is 113 Å². The number of sulfonamides is 2.